The lowest BCUT2D eigenvalue weighted by molar-refractivity contribution is 0.0341. The number of benzene rings is 3. The van der Waals surface area contributed by atoms with Crippen molar-refractivity contribution >= 4 is 23.3 Å². The number of carbonyl (C=O) groups excluding carboxylic acids is 2. The van der Waals surface area contributed by atoms with Crippen molar-refractivity contribution < 1.29 is 33.6 Å². The Bertz CT molecular complexity index is 1450. The van der Waals surface area contributed by atoms with Crippen molar-refractivity contribution in [2.75, 3.05) is 51.3 Å². The molecule has 0 aromatic heterocycles. The van der Waals surface area contributed by atoms with Crippen LogP contribution >= 0.6 is 0 Å². The van der Waals surface area contributed by atoms with Gasteiger partial charge in [-0.3, -0.25) is 9.69 Å². The summed E-state index contributed by atoms with van der Waals surface area (Å²) in [5.74, 6) is 2.29. The van der Waals surface area contributed by atoms with E-state index in [4.69, 9.17) is 18.9 Å². The highest BCUT2D eigenvalue weighted by Gasteiger charge is 2.33. The molecule has 43 heavy (non-hydrogen) atoms. The molecule has 2 aliphatic heterocycles. The summed E-state index contributed by atoms with van der Waals surface area (Å²) in [7, 11) is 3.60. The Kier molecular flexibility index (Phi) is 9.22. The van der Waals surface area contributed by atoms with Crippen LogP contribution in [0.5, 0.6) is 23.0 Å². The first-order chi connectivity index (χ1) is 20.7. The maximum absolute atomic E-state index is 13.8. The molecule has 0 radical (unpaired) electrons. The van der Waals surface area contributed by atoms with Crippen LogP contribution in [0.1, 0.15) is 29.8 Å². The normalized spacial score (nSPS) is 18.3. The van der Waals surface area contributed by atoms with E-state index in [2.05, 4.69) is 15.5 Å². The van der Waals surface area contributed by atoms with Gasteiger partial charge >= 0.3 is 6.03 Å². The van der Waals surface area contributed by atoms with Crippen LogP contribution < -0.4 is 29.6 Å². The molecule has 0 saturated heterocycles. The van der Waals surface area contributed by atoms with Crippen LogP contribution in [0.3, 0.4) is 0 Å². The van der Waals surface area contributed by atoms with Crippen LogP contribution in [0.4, 0.5) is 16.2 Å². The number of carbonyl (C=O) groups is 2. The number of aliphatic hydroxyl groups excluding tert-OH is 1. The van der Waals surface area contributed by atoms with Gasteiger partial charge in [0.2, 0.25) is 6.79 Å². The Morgan fingerprint density at radius 1 is 1.05 bits per heavy atom. The highest BCUT2D eigenvalue weighted by Crippen LogP contribution is 2.34. The molecule has 2 heterocycles. The first kappa shape index (κ1) is 30.0. The third-order valence-corrected chi connectivity index (χ3v) is 7.65. The van der Waals surface area contributed by atoms with Crippen molar-refractivity contribution in [1.29, 1.82) is 0 Å². The second-order valence-electron chi connectivity index (χ2n) is 11.0. The molecule has 11 heteroatoms. The van der Waals surface area contributed by atoms with Gasteiger partial charge in [0.25, 0.3) is 5.91 Å². The van der Waals surface area contributed by atoms with Crippen LogP contribution in [0.25, 0.3) is 0 Å². The van der Waals surface area contributed by atoms with Crippen molar-refractivity contribution in [2.24, 2.45) is 5.92 Å². The van der Waals surface area contributed by atoms with Crippen LogP contribution in [0.15, 0.2) is 60.7 Å². The fourth-order valence-corrected chi connectivity index (χ4v) is 5.21. The van der Waals surface area contributed by atoms with Gasteiger partial charge in [0, 0.05) is 36.9 Å². The molecule has 0 bridgehead atoms. The summed E-state index contributed by atoms with van der Waals surface area (Å²) in [6, 6.07) is 17.1. The first-order valence-corrected chi connectivity index (χ1v) is 14.3. The van der Waals surface area contributed by atoms with Crippen molar-refractivity contribution in [3.05, 3.63) is 71.8 Å². The number of ether oxygens (including phenoxy) is 4. The lowest BCUT2D eigenvalue weighted by atomic mass is 9.99. The molecule has 0 spiro atoms. The summed E-state index contributed by atoms with van der Waals surface area (Å²) < 4.78 is 22.6. The number of nitrogens with zero attached hydrogens (tertiary/aromatic N) is 2. The van der Waals surface area contributed by atoms with Gasteiger partial charge in [-0.15, -0.1) is 0 Å². The molecular formula is C32H38N4O7. The Morgan fingerprint density at radius 3 is 2.49 bits per heavy atom. The maximum Gasteiger partial charge on any atom is 0.323 e. The molecule has 11 nitrogen and oxygen atoms in total. The minimum Gasteiger partial charge on any atom is -0.497 e. The zero-order chi connectivity index (χ0) is 30.5. The van der Waals surface area contributed by atoms with E-state index in [-0.39, 0.29) is 31.3 Å². The molecule has 3 aromatic carbocycles. The number of likely N-dealkylation sites (N-methyl/N-ethyl adjacent to an activating group) is 1. The predicted molar refractivity (Wildman–Crippen MR) is 162 cm³/mol. The van der Waals surface area contributed by atoms with Crippen LogP contribution in [0, 0.1) is 5.92 Å². The number of amides is 3. The smallest absolute Gasteiger partial charge is 0.323 e. The number of hydrogen-bond donors (Lipinski definition) is 3. The van der Waals surface area contributed by atoms with E-state index in [9.17, 15) is 14.7 Å². The number of nitrogens with one attached hydrogen (secondary N) is 2. The van der Waals surface area contributed by atoms with E-state index in [0.717, 1.165) is 17.1 Å². The summed E-state index contributed by atoms with van der Waals surface area (Å²) in [6.45, 7) is 5.58. The van der Waals surface area contributed by atoms with E-state index in [1.807, 2.05) is 39.1 Å². The molecule has 0 aliphatic carbocycles. The predicted octanol–water partition coefficient (Wildman–Crippen LogP) is 4.42. The number of hydrogen-bond acceptors (Lipinski definition) is 8. The highest BCUT2D eigenvalue weighted by molar-refractivity contribution is 6.02. The van der Waals surface area contributed by atoms with E-state index < -0.39 is 12.1 Å². The first-order valence-electron chi connectivity index (χ1n) is 14.3. The van der Waals surface area contributed by atoms with Gasteiger partial charge in [0.05, 0.1) is 25.3 Å². The minimum atomic E-state index is -0.457. The fraction of sp³-hybridized carbons (Fsp3) is 0.375. The molecule has 5 rings (SSSR count). The van der Waals surface area contributed by atoms with Crippen molar-refractivity contribution in [3.63, 3.8) is 0 Å². The largest absolute Gasteiger partial charge is 0.497 e. The number of fused-ring (bicyclic) bond motifs is 2. The molecule has 3 N–H and O–H groups in total. The number of urea groups is 1. The van der Waals surface area contributed by atoms with Gasteiger partial charge in [0.1, 0.15) is 17.6 Å². The van der Waals surface area contributed by atoms with E-state index >= 15 is 0 Å². The Hall–Kier alpha value is -4.48. The zero-order valence-corrected chi connectivity index (χ0v) is 24.8. The molecule has 3 amide bonds. The second kappa shape index (κ2) is 13.2. The third kappa shape index (κ3) is 7.12. The van der Waals surface area contributed by atoms with Crippen molar-refractivity contribution in [1.82, 2.24) is 9.80 Å². The standard InChI is InChI=1S/C32H38N4O7/c1-20-15-36(21(2)18-37)31(38)26-14-24(34-32(39)33-23-6-9-25(40-4)10-7-23)8-12-27(26)43-30(20)17-35(3)16-22-5-11-28-29(13-22)42-19-41-28/h5-14,20-21,30,37H,15-19H2,1-4H3,(H2,33,34,39)/t20-,21-,30-/m1/s1. The summed E-state index contributed by atoms with van der Waals surface area (Å²) in [5.41, 5.74) is 2.43. The number of rotatable bonds is 9. The minimum absolute atomic E-state index is 0.0293. The lowest BCUT2D eigenvalue weighted by Crippen LogP contribution is -2.49. The van der Waals surface area contributed by atoms with Crippen LogP contribution in [-0.2, 0) is 6.54 Å². The summed E-state index contributed by atoms with van der Waals surface area (Å²) in [6.07, 6.45) is -0.253. The number of aliphatic hydroxyl groups is 1. The fourth-order valence-electron chi connectivity index (χ4n) is 5.21. The second-order valence-corrected chi connectivity index (χ2v) is 11.0. The summed E-state index contributed by atoms with van der Waals surface area (Å²) in [4.78, 5) is 30.3. The highest BCUT2D eigenvalue weighted by atomic mass is 16.7. The van der Waals surface area contributed by atoms with E-state index in [1.165, 1.54) is 0 Å². The summed E-state index contributed by atoms with van der Waals surface area (Å²) in [5, 5.41) is 15.5. The topological polar surface area (TPSA) is 122 Å². The molecular weight excluding hydrogens is 552 g/mol. The van der Waals surface area contributed by atoms with Gasteiger partial charge in [-0.25, -0.2) is 4.79 Å². The molecule has 0 fully saturated rings. The van der Waals surface area contributed by atoms with Crippen LogP contribution in [0.2, 0.25) is 0 Å². The summed E-state index contributed by atoms with van der Waals surface area (Å²) >= 11 is 0. The third-order valence-electron chi connectivity index (χ3n) is 7.65. The monoisotopic (exact) mass is 590 g/mol. The molecule has 0 unspecified atom stereocenters. The van der Waals surface area contributed by atoms with Gasteiger partial charge < -0.3 is 39.6 Å². The number of methoxy groups -OCH3 is 1. The Labute approximate surface area is 251 Å². The van der Waals surface area contributed by atoms with Gasteiger partial charge in [-0.2, -0.15) is 0 Å². The molecule has 3 atom stereocenters. The zero-order valence-electron chi connectivity index (χ0n) is 24.8. The molecule has 2 aliphatic rings. The average molecular weight is 591 g/mol. The van der Waals surface area contributed by atoms with Crippen molar-refractivity contribution in [2.45, 2.75) is 32.5 Å². The molecule has 0 saturated carbocycles. The Morgan fingerprint density at radius 2 is 1.74 bits per heavy atom. The lowest BCUT2D eigenvalue weighted by Gasteiger charge is -2.38. The molecule has 228 valence electrons. The SMILES string of the molecule is COc1ccc(NC(=O)Nc2ccc3c(c2)C(=O)N([C@H](C)CO)C[C@@H](C)[C@@H](CN(C)Cc2ccc4c(c2)OCO4)O3)cc1. The van der Waals surface area contributed by atoms with E-state index in [0.29, 0.717) is 48.1 Å². The maximum atomic E-state index is 13.8. The Balaban J connectivity index is 1.33. The number of anilines is 2. The molecule has 3 aromatic rings. The van der Waals surface area contributed by atoms with E-state index in [1.54, 1.807) is 54.5 Å². The van der Waals surface area contributed by atoms with Crippen LogP contribution in [-0.4, -0.2) is 79.6 Å². The van der Waals surface area contributed by atoms with Gasteiger partial charge in [0.15, 0.2) is 11.5 Å². The quantitative estimate of drug-likeness (QED) is 0.335. The van der Waals surface area contributed by atoms with Gasteiger partial charge in [-0.05, 0) is 74.1 Å². The van der Waals surface area contributed by atoms with Crippen molar-refractivity contribution in [3.8, 4) is 23.0 Å². The van der Waals surface area contributed by atoms with Gasteiger partial charge in [-0.1, -0.05) is 13.0 Å². The average Bonchev–Trinajstić information content (AvgIpc) is 3.47.